The van der Waals surface area contributed by atoms with Gasteiger partial charge in [0.1, 0.15) is 11.0 Å². The summed E-state index contributed by atoms with van der Waals surface area (Å²) in [6.07, 6.45) is 4.36. The number of rotatable bonds is 7. The first kappa shape index (κ1) is 23.8. The van der Waals surface area contributed by atoms with Crippen LogP contribution in [0.25, 0.3) is 0 Å². The van der Waals surface area contributed by atoms with Crippen LogP contribution in [0.3, 0.4) is 0 Å². The molecule has 2 aliphatic rings. The average molecular weight is 488 g/mol. The van der Waals surface area contributed by atoms with E-state index in [0.29, 0.717) is 42.4 Å². The van der Waals surface area contributed by atoms with Gasteiger partial charge in [0.25, 0.3) is 0 Å². The molecule has 0 radical (unpaired) electrons. The Morgan fingerprint density at radius 2 is 1.91 bits per heavy atom. The summed E-state index contributed by atoms with van der Waals surface area (Å²) in [5.41, 5.74) is 1.05. The first-order chi connectivity index (χ1) is 16.0. The van der Waals surface area contributed by atoms with Gasteiger partial charge in [0.15, 0.2) is 5.16 Å². The fourth-order valence-corrected chi connectivity index (χ4v) is 5.40. The van der Waals surface area contributed by atoms with E-state index in [1.165, 1.54) is 11.8 Å². The van der Waals surface area contributed by atoms with Crippen LogP contribution in [0.2, 0.25) is 5.15 Å². The predicted octanol–water partition coefficient (Wildman–Crippen LogP) is 3.77. The quantitative estimate of drug-likeness (QED) is 0.364. The van der Waals surface area contributed by atoms with Gasteiger partial charge < -0.3 is 15.1 Å². The van der Waals surface area contributed by atoms with Crippen molar-refractivity contribution in [3.8, 4) is 0 Å². The van der Waals surface area contributed by atoms with Crippen LogP contribution in [0.15, 0.2) is 41.6 Å². The lowest BCUT2D eigenvalue weighted by Crippen LogP contribution is -2.55. The minimum atomic E-state index is -0.0818. The van der Waals surface area contributed by atoms with Crippen molar-refractivity contribution in [1.82, 2.24) is 20.2 Å². The maximum atomic E-state index is 12.9. The lowest BCUT2D eigenvalue weighted by Gasteiger charge is -2.41. The number of hydrogen-bond acceptors (Lipinski definition) is 6. The number of carbonyl (C=O) groups is 2. The van der Waals surface area contributed by atoms with Crippen molar-refractivity contribution in [2.45, 2.75) is 50.4 Å². The summed E-state index contributed by atoms with van der Waals surface area (Å²) >= 11 is 7.54. The molecule has 1 aromatic heterocycles. The predicted molar refractivity (Wildman–Crippen MR) is 131 cm³/mol. The second kappa shape index (κ2) is 11.2. The molecule has 2 aromatic rings. The number of anilines is 1. The van der Waals surface area contributed by atoms with Crippen molar-refractivity contribution in [2.24, 2.45) is 5.92 Å². The summed E-state index contributed by atoms with van der Waals surface area (Å²) in [5, 5.41) is 3.74. The van der Waals surface area contributed by atoms with Gasteiger partial charge in [-0.05, 0) is 25.3 Å². The molecule has 176 valence electrons. The Kier molecular flexibility index (Phi) is 8.09. The van der Waals surface area contributed by atoms with Crippen molar-refractivity contribution < 1.29 is 9.59 Å². The summed E-state index contributed by atoms with van der Waals surface area (Å²) in [5.74, 6) is 1.37. The molecule has 0 spiro atoms. The highest BCUT2D eigenvalue weighted by Gasteiger charge is 2.33. The molecule has 1 aliphatic carbocycles. The number of hydrogen-bond donors (Lipinski definition) is 1. The van der Waals surface area contributed by atoms with Crippen LogP contribution >= 0.6 is 23.4 Å². The Morgan fingerprint density at radius 1 is 1.15 bits per heavy atom. The maximum Gasteiger partial charge on any atom is 0.230 e. The number of nitrogens with one attached hydrogen (secondary N) is 1. The second-order valence-corrected chi connectivity index (χ2v) is 10.0. The Labute approximate surface area is 204 Å². The molecule has 4 rings (SSSR count). The molecule has 1 unspecified atom stereocenters. The number of amides is 2. The number of nitrogens with zero attached hydrogens (tertiary/aromatic N) is 4. The van der Waals surface area contributed by atoms with Gasteiger partial charge in [-0.25, -0.2) is 9.97 Å². The molecule has 9 heteroatoms. The van der Waals surface area contributed by atoms with Gasteiger partial charge >= 0.3 is 0 Å². The van der Waals surface area contributed by atoms with E-state index in [4.69, 9.17) is 11.6 Å². The number of thioether (sulfide) groups is 1. The molecule has 1 saturated carbocycles. The molecule has 2 fully saturated rings. The van der Waals surface area contributed by atoms with Crippen molar-refractivity contribution in [1.29, 1.82) is 0 Å². The molecule has 1 aliphatic heterocycles. The Hall–Kier alpha value is -2.32. The topological polar surface area (TPSA) is 78.4 Å². The van der Waals surface area contributed by atoms with Gasteiger partial charge in [0.05, 0.1) is 5.75 Å². The monoisotopic (exact) mass is 487 g/mol. The number of aromatic nitrogens is 2. The van der Waals surface area contributed by atoms with Crippen LogP contribution in [-0.4, -0.2) is 58.1 Å². The van der Waals surface area contributed by atoms with Gasteiger partial charge in [-0.1, -0.05) is 66.5 Å². The average Bonchev–Trinajstić information content (AvgIpc) is 3.36. The van der Waals surface area contributed by atoms with Gasteiger partial charge in [-0.2, -0.15) is 0 Å². The van der Waals surface area contributed by atoms with Crippen LogP contribution in [-0.2, 0) is 16.1 Å². The van der Waals surface area contributed by atoms with Gasteiger partial charge in [0, 0.05) is 44.2 Å². The van der Waals surface area contributed by atoms with Crippen LogP contribution in [0.5, 0.6) is 0 Å². The zero-order chi connectivity index (χ0) is 23.2. The van der Waals surface area contributed by atoms with Crippen LogP contribution < -0.4 is 10.2 Å². The summed E-state index contributed by atoms with van der Waals surface area (Å²) < 4.78 is 0. The highest BCUT2D eigenvalue weighted by atomic mass is 35.5. The van der Waals surface area contributed by atoms with E-state index in [-0.39, 0.29) is 23.6 Å². The summed E-state index contributed by atoms with van der Waals surface area (Å²) in [6.45, 7) is 4.67. The van der Waals surface area contributed by atoms with Crippen molar-refractivity contribution in [3.63, 3.8) is 0 Å². The van der Waals surface area contributed by atoms with Crippen LogP contribution in [0, 0.1) is 5.92 Å². The molecule has 33 heavy (non-hydrogen) atoms. The van der Waals surface area contributed by atoms with E-state index in [1.807, 2.05) is 35.2 Å². The molecule has 1 N–H and O–H groups in total. The summed E-state index contributed by atoms with van der Waals surface area (Å²) in [7, 11) is 0. The molecule has 2 amide bonds. The van der Waals surface area contributed by atoms with Gasteiger partial charge in [-0.15, -0.1) is 0 Å². The standard InChI is InChI=1S/C24H30ClN5O2S/c1-17-15-29(11-12-30(17)23(32)19-9-5-6-10-19)21-13-20(25)27-24(28-21)33-16-22(31)26-14-18-7-3-2-4-8-18/h2-4,7-8,13,17,19H,5-6,9-12,14-16H2,1H3,(H,26,31). The number of benzene rings is 1. The van der Waals surface area contributed by atoms with E-state index in [9.17, 15) is 9.59 Å². The van der Waals surface area contributed by atoms with Crippen LogP contribution in [0.4, 0.5) is 5.82 Å². The largest absolute Gasteiger partial charge is 0.353 e. The fourth-order valence-electron chi connectivity index (χ4n) is 4.49. The third kappa shape index (κ3) is 6.38. The molecule has 1 aromatic carbocycles. The van der Waals surface area contributed by atoms with Crippen molar-refractivity contribution >= 4 is 41.0 Å². The molecule has 2 heterocycles. The summed E-state index contributed by atoms with van der Waals surface area (Å²) in [6, 6.07) is 11.7. The van der Waals surface area contributed by atoms with E-state index in [1.54, 1.807) is 6.07 Å². The van der Waals surface area contributed by atoms with Gasteiger partial charge in [-0.3, -0.25) is 9.59 Å². The first-order valence-corrected chi connectivity index (χ1v) is 12.9. The third-order valence-electron chi connectivity index (χ3n) is 6.26. The van der Waals surface area contributed by atoms with E-state index in [0.717, 1.165) is 37.1 Å². The molecule has 7 nitrogen and oxygen atoms in total. The molecule has 0 bridgehead atoms. The molecular formula is C24H30ClN5O2S. The fraction of sp³-hybridized carbons (Fsp3) is 0.500. The highest BCUT2D eigenvalue weighted by Crippen LogP contribution is 2.29. The Balaban J connectivity index is 1.31. The van der Waals surface area contributed by atoms with Crippen molar-refractivity contribution in [2.75, 3.05) is 30.3 Å². The second-order valence-electron chi connectivity index (χ2n) is 8.69. The highest BCUT2D eigenvalue weighted by molar-refractivity contribution is 7.99. The van der Waals surface area contributed by atoms with Crippen LogP contribution in [0.1, 0.15) is 38.2 Å². The molecule has 1 atom stereocenters. The smallest absolute Gasteiger partial charge is 0.230 e. The van der Waals surface area contributed by atoms with E-state index in [2.05, 4.69) is 27.1 Å². The first-order valence-electron chi connectivity index (χ1n) is 11.5. The number of piperazine rings is 1. The summed E-state index contributed by atoms with van der Waals surface area (Å²) in [4.78, 5) is 38.2. The zero-order valence-electron chi connectivity index (χ0n) is 18.9. The Morgan fingerprint density at radius 3 is 2.64 bits per heavy atom. The molecular weight excluding hydrogens is 458 g/mol. The lowest BCUT2D eigenvalue weighted by molar-refractivity contribution is -0.137. The Bertz CT molecular complexity index is 971. The van der Waals surface area contributed by atoms with Gasteiger partial charge in [0.2, 0.25) is 11.8 Å². The maximum absolute atomic E-state index is 12.9. The van der Waals surface area contributed by atoms with E-state index < -0.39 is 0 Å². The van der Waals surface area contributed by atoms with E-state index >= 15 is 0 Å². The lowest BCUT2D eigenvalue weighted by atomic mass is 10.0. The normalized spacial score (nSPS) is 19.0. The SMILES string of the molecule is CC1CN(c2cc(Cl)nc(SCC(=O)NCc3ccccc3)n2)CCN1C(=O)C1CCCC1. The zero-order valence-corrected chi connectivity index (χ0v) is 20.4. The number of halogens is 1. The third-order valence-corrected chi connectivity index (χ3v) is 7.31. The van der Waals surface area contributed by atoms with Crippen molar-refractivity contribution in [3.05, 3.63) is 47.1 Å². The minimum absolute atomic E-state index is 0.0818. The minimum Gasteiger partial charge on any atom is -0.353 e. The number of carbonyl (C=O) groups excluding carboxylic acids is 2. The molecule has 1 saturated heterocycles.